The number of aliphatic carboxylic acids is 1. The zero-order chi connectivity index (χ0) is 11.8. The van der Waals surface area contributed by atoms with Crippen LogP contribution in [0.2, 0.25) is 0 Å². The lowest BCUT2D eigenvalue weighted by Gasteiger charge is -2.14. The van der Waals surface area contributed by atoms with Gasteiger partial charge in [-0.05, 0) is 19.9 Å². The molecule has 15 heavy (non-hydrogen) atoms. The number of rotatable bonds is 7. The Morgan fingerprint density at radius 3 is 2.33 bits per heavy atom. The van der Waals surface area contributed by atoms with Gasteiger partial charge in [-0.3, -0.25) is 14.4 Å². The van der Waals surface area contributed by atoms with Crippen molar-refractivity contribution in [3.05, 3.63) is 0 Å². The Bertz CT molecular complexity index is 252. The highest BCUT2D eigenvalue weighted by Crippen LogP contribution is 1.95. The molecule has 1 atom stereocenters. The molecule has 0 aromatic rings. The van der Waals surface area contributed by atoms with Crippen LogP contribution in [0.5, 0.6) is 0 Å². The molecule has 0 aliphatic heterocycles. The molecule has 0 saturated carbocycles. The normalized spacial score (nSPS) is 11.9. The number of carboxylic acid groups (broad SMARTS) is 1. The van der Waals surface area contributed by atoms with Gasteiger partial charge in [0, 0.05) is 6.42 Å². The number of hydrogen-bond acceptors (Lipinski definition) is 4. The van der Waals surface area contributed by atoms with Gasteiger partial charge in [-0.1, -0.05) is 0 Å². The van der Waals surface area contributed by atoms with E-state index in [4.69, 9.17) is 10.8 Å². The van der Waals surface area contributed by atoms with Crippen LogP contribution in [0.15, 0.2) is 0 Å². The van der Waals surface area contributed by atoms with Crippen LogP contribution < -0.4 is 11.1 Å². The Morgan fingerprint density at radius 2 is 1.93 bits per heavy atom. The van der Waals surface area contributed by atoms with Gasteiger partial charge in [0.1, 0.15) is 0 Å². The first-order valence-electron chi connectivity index (χ1n) is 4.69. The standard InChI is InChI=1S/C9H16N2O4/c1-6(12)7(4-5-10)11-8(13)2-3-9(14)15/h7H,2-5,10H2,1H3,(H,11,13)(H,14,15)/t7-/m0/s1. The van der Waals surface area contributed by atoms with Gasteiger partial charge in [0.15, 0.2) is 5.78 Å². The van der Waals surface area contributed by atoms with E-state index < -0.39 is 17.9 Å². The van der Waals surface area contributed by atoms with Crippen LogP contribution >= 0.6 is 0 Å². The summed E-state index contributed by atoms with van der Waals surface area (Å²) >= 11 is 0. The molecule has 1 amide bonds. The summed E-state index contributed by atoms with van der Waals surface area (Å²) in [7, 11) is 0. The molecule has 6 nitrogen and oxygen atoms in total. The Hall–Kier alpha value is -1.43. The molecule has 0 radical (unpaired) electrons. The number of nitrogens with one attached hydrogen (secondary N) is 1. The van der Waals surface area contributed by atoms with E-state index in [1.165, 1.54) is 6.92 Å². The van der Waals surface area contributed by atoms with Gasteiger partial charge < -0.3 is 16.2 Å². The quantitative estimate of drug-likeness (QED) is 0.520. The molecule has 0 aromatic carbocycles. The maximum atomic E-state index is 11.2. The number of hydrogen-bond donors (Lipinski definition) is 3. The van der Waals surface area contributed by atoms with Gasteiger partial charge in [-0.2, -0.15) is 0 Å². The molecular formula is C9H16N2O4. The largest absolute Gasteiger partial charge is 0.481 e. The third-order valence-corrected chi connectivity index (χ3v) is 1.85. The van der Waals surface area contributed by atoms with Gasteiger partial charge in [0.2, 0.25) is 5.91 Å². The molecule has 0 bridgehead atoms. The maximum Gasteiger partial charge on any atom is 0.303 e. The summed E-state index contributed by atoms with van der Waals surface area (Å²) in [6.07, 6.45) is 0.0108. The van der Waals surface area contributed by atoms with E-state index in [1.807, 2.05) is 0 Å². The number of nitrogens with two attached hydrogens (primary N) is 1. The number of ketones is 1. The van der Waals surface area contributed by atoms with Crippen molar-refractivity contribution < 1.29 is 19.5 Å². The molecule has 86 valence electrons. The fourth-order valence-corrected chi connectivity index (χ4v) is 1.03. The van der Waals surface area contributed by atoms with Crippen molar-refractivity contribution in [2.24, 2.45) is 5.73 Å². The topological polar surface area (TPSA) is 109 Å². The van der Waals surface area contributed by atoms with Crippen LogP contribution in [0.3, 0.4) is 0 Å². The van der Waals surface area contributed by atoms with Gasteiger partial charge in [-0.15, -0.1) is 0 Å². The van der Waals surface area contributed by atoms with E-state index in [9.17, 15) is 14.4 Å². The molecular weight excluding hydrogens is 200 g/mol. The van der Waals surface area contributed by atoms with Crippen LogP contribution in [0.1, 0.15) is 26.2 Å². The molecule has 0 aromatic heterocycles. The smallest absolute Gasteiger partial charge is 0.303 e. The lowest BCUT2D eigenvalue weighted by molar-refractivity contribution is -0.139. The molecule has 6 heteroatoms. The second-order valence-corrected chi connectivity index (χ2v) is 3.20. The highest BCUT2D eigenvalue weighted by Gasteiger charge is 2.16. The summed E-state index contributed by atoms with van der Waals surface area (Å²) in [5.41, 5.74) is 5.27. The number of carboxylic acids is 1. The Labute approximate surface area is 87.8 Å². The Balaban J connectivity index is 3.99. The van der Waals surface area contributed by atoms with Crippen molar-refractivity contribution in [2.75, 3.05) is 6.54 Å². The fourth-order valence-electron chi connectivity index (χ4n) is 1.03. The molecule has 0 saturated heterocycles. The number of carbonyl (C=O) groups excluding carboxylic acids is 2. The summed E-state index contributed by atoms with van der Waals surface area (Å²) in [5.74, 6) is -1.65. The molecule has 0 aliphatic rings. The Kier molecular flexibility index (Phi) is 6.28. The Morgan fingerprint density at radius 1 is 1.33 bits per heavy atom. The average Bonchev–Trinajstić information content (AvgIpc) is 2.14. The molecule has 0 heterocycles. The fraction of sp³-hybridized carbons (Fsp3) is 0.667. The van der Waals surface area contributed by atoms with Crippen molar-refractivity contribution in [2.45, 2.75) is 32.2 Å². The van der Waals surface area contributed by atoms with E-state index in [0.29, 0.717) is 13.0 Å². The zero-order valence-electron chi connectivity index (χ0n) is 8.66. The average molecular weight is 216 g/mol. The summed E-state index contributed by atoms with van der Waals surface area (Å²) in [5, 5.41) is 10.8. The molecule has 0 spiro atoms. The molecule has 0 fully saturated rings. The van der Waals surface area contributed by atoms with Gasteiger partial charge in [-0.25, -0.2) is 0 Å². The first-order chi connectivity index (χ1) is 6.97. The van der Waals surface area contributed by atoms with Gasteiger partial charge in [0.05, 0.1) is 12.5 Å². The van der Waals surface area contributed by atoms with Crippen LogP contribution in [-0.4, -0.2) is 35.4 Å². The van der Waals surface area contributed by atoms with Gasteiger partial charge >= 0.3 is 5.97 Å². The molecule has 0 unspecified atom stereocenters. The van der Waals surface area contributed by atoms with E-state index in [1.54, 1.807) is 0 Å². The lowest BCUT2D eigenvalue weighted by Crippen LogP contribution is -2.41. The molecule has 0 rings (SSSR count). The van der Waals surface area contributed by atoms with Crippen LogP contribution in [0.4, 0.5) is 0 Å². The highest BCUT2D eigenvalue weighted by molar-refractivity contribution is 5.88. The minimum absolute atomic E-state index is 0.121. The molecule has 0 aliphatic carbocycles. The number of Topliss-reactive ketones (excluding diaryl/α,β-unsaturated/α-hetero) is 1. The van der Waals surface area contributed by atoms with Crippen molar-refractivity contribution in [3.63, 3.8) is 0 Å². The first kappa shape index (κ1) is 13.6. The maximum absolute atomic E-state index is 11.2. The highest BCUT2D eigenvalue weighted by atomic mass is 16.4. The van der Waals surface area contributed by atoms with Crippen molar-refractivity contribution >= 4 is 17.7 Å². The van der Waals surface area contributed by atoms with E-state index in [-0.39, 0.29) is 18.6 Å². The van der Waals surface area contributed by atoms with Crippen LogP contribution in [0, 0.1) is 0 Å². The van der Waals surface area contributed by atoms with Crippen molar-refractivity contribution in [3.8, 4) is 0 Å². The second-order valence-electron chi connectivity index (χ2n) is 3.20. The minimum Gasteiger partial charge on any atom is -0.481 e. The van der Waals surface area contributed by atoms with Crippen molar-refractivity contribution in [1.82, 2.24) is 5.32 Å². The summed E-state index contributed by atoms with van der Waals surface area (Å²) in [6.45, 7) is 1.65. The third kappa shape index (κ3) is 6.62. The molecule has 4 N–H and O–H groups in total. The second kappa shape index (κ2) is 6.94. The SMILES string of the molecule is CC(=O)[C@H](CCN)NC(=O)CCC(=O)O. The van der Waals surface area contributed by atoms with Crippen LogP contribution in [0.25, 0.3) is 0 Å². The summed E-state index contributed by atoms with van der Waals surface area (Å²) in [6, 6.07) is -0.601. The number of amides is 1. The van der Waals surface area contributed by atoms with E-state index in [0.717, 1.165) is 0 Å². The zero-order valence-corrected chi connectivity index (χ0v) is 8.66. The lowest BCUT2D eigenvalue weighted by atomic mass is 10.1. The van der Waals surface area contributed by atoms with E-state index in [2.05, 4.69) is 5.32 Å². The minimum atomic E-state index is -1.04. The van der Waals surface area contributed by atoms with Crippen LogP contribution in [-0.2, 0) is 14.4 Å². The number of carbonyl (C=O) groups is 3. The van der Waals surface area contributed by atoms with Crippen molar-refractivity contribution in [1.29, 1.82) is 0 Å². The monoisotopic (exact) mass is 216 g/mol. The first-order valence-corrected chi connectivity index (χ1v) is 4.69. The summed E-state index contributed by atoms with van der Waals surface area (Å²) in [4.78, 5) is 32.4. The van der Waals surface area contributed by atoms with Gasteiger partial charge in [0.25, 0.3) is 0 Å². The third-order valence-electron chi connectivity index (χ3n) is 1.85. The predicted molar refractivity (Wildman–Crippen MR) is 53.2 cm³/mol. The predicted octanol–water partition coefficient (Wildman–Crippen LogP) is -0.726. The van der Waals surface area contributed by atoms with E-state index >= 15 is 0 Å². The summed E-state index contributed by atoms with van der Waals surface area (Å²) < 4.78 is 0.